The number of ether oxygens (including phenoxy) is 1. The van der Waals surface area contributed by atoms with Crippen LogP contribution >= 0.6 is 11.6 Å². The Kier molecular flexibility index (Phi) is 5.44. The highest BCUT2D eigenvalue weighted by molar-refractivity contribution is 6.36. The number of halogens is 1. The monoisotopic (exact) mass is 435 g/mol. The van der Waals surface area contributed by atoms with Gasteiger partial charge in [-0.25, -0.2) is 9.97 Å². The molecular weight excluding hydrogens is 414 g/mol. The van der Waals surface area contributed by atoms with Gasteiger partial charge in [0, 0.05) is 54.2 Å². The second-order valence-electron chi connectivity index (χ2n) is 7.64. The number of aromatic amines is 1. The zero-order chi connectivity index (χ0) is 21.2. The van der Waals surface area contributed by atoms with E-state index in [1.165, 1.54) is 0 Å². The van der Waals surface area contributed by atoms with Gasteiger partial charge in [0.1, 0.15) is 0 Å². The molecule has 0 unspecified atom stereocenters. The van der Waals surface area contributed by atoms with Crippen LogP contribution in [0.2, 0.25) is 5.02 Å². The number of para-hydroxylation sites is 1. The van der Waals surface area contributed by atoms with E-state index in [0.717, 1.165) is 48.2 Å². The zero-order valence-corrected chi connectivity index (χ0v) is 17.6. The molecule has 1 aliphatic rings. The van der Waals surface area contributed by atoms with E-state index in [1.807, 2.05) is 36.4 Å². The van der Waals surface area contributed by atoms with E-state index >= 15 is 0 Å². The van der Waals surface area contributed by atoms with Crippen LogP contribution in [0.1, 0.15) is 18.5 Å². The van der Waals surface area contributed by atoms with Crippen molar-refractivity contribution in [2.24, 2.45) is 0 Å². The molecule has 3 aromatic heterocycles. The van der Waals surface area contributed by atoms with Gasteiger partial charge in [0.2, 0.25) is 5.95 Å². The van der Waals surface area contributed by atoms with Crippen LogP contribution in [0, 0.1) is 0 Å². The normalized spacial score (nSPS) is 14.7. The molecule has 4 aromatic rings. The minimum Gasteiger partial charge on any atom is -0.381 e. The highest BCUT2D eigenvalue weighted by atomic mass is 35.5. The van der Waals surface area contributed by atoms with Gasteiger partial charge in [0.25, 0.3) is 5.56 Å². The predicted octanol–water partition coefficient (Wildman–Crippen LogP) is 4.08. The SMILES string of the molecule is O=c1cc(-c2ccnc(NC3CCOCC3)n2)ccn1Cc1[nH]c2ccccc2c1Cl. The summed E-state index contributed by atoms with van der Waals surface area (Å²) in [5, 5.41) is 4.96. The van der Waals surface area contributed by atoms with Crippen molar-refractivity contribution in [2.45, 2.75) is 25.4 Å². The molecule has 7 nitrogen and oxygen atoms in total. The van der Waals surface area contributed by atoms with Gasteiger partial charge in [-0.05, 0) is 31.0 Å². The number of nitrogens with zero attached hydrogens (tertiary/aromatic N) is 3. The second-order valence-corrected chi connectivity index (χ2v) is 8.02. The van der Waals surface area contributed by atoms with Crippen molar-refractivity contribution in [3.63, 3.8) is 0 Å². The van der Waals surface area contributed by atoms with Crippen LogP contribution in [0.4, 0.5) is 5.95 Å². The van der Waals surface area contributed by atoms with Crippen LogP contribution in [-0.4, -0.2) is 38.8 Å². The Bertz CT molecular complexity index is 1280. The number of pyridine rings is 1. The predicted molar refractivity (Wildman–Crippen MR) is 122 cm³/mol. The third kappa shape index (κ3) is 4.19. The number of benzene rings is 1. The van der Waals surface area contributed by atoms with Crippen molar-refractivity contribution in [2.75, 3.05) is 18.5 Å². The van der Waals surface area contributed by atoms with Crippen LogP contribution in [0.25, 0.3) is 22.2 Å². The number of fused-ring (bicyclic) bond motifs is 1. The average molecular weight is 436 g/mol. The fraction of sp³-hybridized carbons (Fsp3) is 0.261. The quantitative estimate of drug-likeness (QED) is 0.493. The maximum absolute atomic E-state index is 12.8. The molecule has 31 heavy (non-hydrogen) atoms. The Morgan fingerprint density at radius 3 is 2.84 bits per heavy atom. The van der Waals surface area contributed by atoms with Gasteiger partial charge >= 0.3 is 0 Å². The van der Waals surface area contributed by atoms with Crippen LogP contribution in [0.3, 0.4) is 0 Å². The maximum Gasteiger partial charge on any atom is 0.251 e. The molecule has 0 saturated carbocycles. The Morgan fingerprint density at radius 1 is 1.19 bits per heavy atom. The smallest absolute Gasteiger partial charge is 0.251 e. The third-order valence-corrected chi connectivity index (χ3v) is 5.98. The van der Waals surface area contributed by atoms with E-state index in [-0.39, 0.29) is 5.56 Å². The lowest BCUT2D eigenvalue weighted by Gasteiger charge is -2.23. The zero-order valence-electron chi connectivity index (χ0n) is 16.8. The number of hydrogen-bond donors (Lipinski definition) is 2. The first-order valence-corrected chi connectivity index (χ1v) is 10.7. The first kappa shape index (κ1) is 19.8. The summed E-state index contributed by atoms with van der Waals surface area (Å²) in [5.74, 6) is 0.568. The summed E-state index contributed by atoms with van der Waals surface area (Å²) in [6.45, 7) is 1.86. The fourth-order valence-electron chi connectivity index (χ4n) is 3.85. The number of H-pyrrole nitrogens is 1. The number of aromatic nitrogens is 4. The number of nitrogens with one attached hydrogen (secondary N) is 2. The molecule has 2 N–H and O–H groups in total. The molecular formula is C23H22ClN5O2. The molecule has 1 fully saturated rings. The minimum absolute atomic E-state index is 0.121. The molecule has 1 aromatic carbocycles. The summed E-state index contributed by atoms with van der Waals surface area (Å²) < 4.78 is 7.02. The molecule has 1 aliphatic heterocycles. The molecule has 0 amide bonds. The highest BCUT2D eigenvalue weighted by Gasteiger charge is 2.15. The molecule has 8 heteroatoms. The summed E-state index contributed by atoms with van der Waals surface area (Å²) in [6.07, 6.45) is 5.34. The summed E-state index contributed by atoms with van der Waals surface area (Å²) in [4.78, 5) is 25.0. The lowest BCUT2D eigenvalue weighted by Crippen LogP contribution is -2.28. The lowest BCUT2D eigenvalue weighted by atomic mass is 10.1. The molecule has 0 radical (unpaired) electrons. The number of rotatable bonds is 5. The van der Waals surface area contributed by atoms with Gasteiger partial charge in [0.15, 0.2) is 0 Å². The average Bonchev–Trinajstić information content (AvgIpc) is 3.11. The van der Waals surface area contributed by atoms with Crippen LogP contribution in [-0.2, 0) is 11.3 Å². The maximum atomic E-state index is 12.8. The summed E-state index contributed by atoms with van der Waals surface area (Å²) >= 11 is 6.51. The van der Waals surface area contributed by atoms with Crippen LogP contribution in [0.15, 0.2) is 59.7 Å². The van der Waals surface area contributed by atoms with Gasteiger partial charge in [-0.15, -0.1) is 0 Å². The van der Waals surface area contributed by atoms with Crippen molar-refractivity contribution >= 4 is 28.5 Å². The molecule has 0 spiro atoms. The molecule has 0 bridgehead atoms. The Balaban J connectivity index is 1.37. The fourth-order valence-corrected chi connectivity index (χ4v) is 4.13. The van der Waals surface area contributed by atoms with Gasteiger partial charge in [-0.2, -0.15) is 0 Å². The lowest BCUT2D eigenvalue weighted by molar-refractivity contribution is 0.0903. The second kappa shape index (κ2) is 8.53. The largest absolute Gasteiger partial charge is 0.381 e. The molecule has 5 rings (SSSR count). The van der Waals surface area contributed by atoms with Gasteiger partial charge in [0.05, 0.1) is 23.0 Å². The summed E-state index contributed by atoms with van der Waals surface area (Å²) in [6, 6.07) is 13.4. The van der Waals surface area contributed by atoms with E-state index < -0.39 is 0 Å². The highest BCUT2D eigenvalue weighted by Crippen LogP contribution is 2.27. The topological polar surface area (TPSA) is 84.8 Å². The third-order valence-electron chi connectivity index (χ3n) is 5.54. The minimum atomic E-state index is -0.121. The van der Waals surface area contributed by atoms with Crippen molar-refractivity contribution < 1.29 is 4.74 Å². The first-order valence-electron chi connectivity index (χ1n) is 10.3. The molecule has 158 valence electrons. The Labute approximate surface area is 184 Å². The molecule has 1 saturated heterocycles. The van der Waals surface area contributed by atoms with Crippen molar-refractivity contribution in [3.05, 3.63) is 75.9 Å². The molecule has 4 heterocycles. The van der Waals surface area contributed by atoms with Gasteiger partial charge in [-0.1, -0.05) is 29.8 Å². The van der Waals surface area contributed by atoms with E-state index in [4.69, 9.17) is 16.3 Å². The standard InChI is InChI=1S/C23H22ClN5O2/c24-22-17-3-1-2-4-19(17)27-20(22)14-29-10-6-15(13-21(29)30)18-5-9-25-23(28-18)26-16-7-11-31-12-8-16/h1-6,9-10,13,16,27H,7-8,11-12,14H2,(H,25,26,28). The number of anilines is 1. The Hall–Kier alpha value is -3.16. The van der Waals surface area contributed by atoms with Gasteiger partial charge < -0.3 is 19.6 Å². The Morgan fingerprint density at radius 2 is 2.03 bits per heavy atom. The summed E-state index contributed by atoms with van der Waals surface area (Å²) in [7, 11) is 0. The van der Waals surface area contributed by atoms with Crippen molar-refractivity contribution in [3.8, 4) is 11.3 Å². The van der Waals surface area contributed by atoms with E-state index in [1.54, 1.807) is 23.0 Å². The van der Waals surface area contributed by atoms with Crippen LogP contribution in [0.5, 0.6) is 0 Å². The molecule has 0 aliphatic carbocycles. The molecule has 0 atom stereocenters. The van der Waals surface area contributed by atoms with E-state index in [0.29, 0.717) is 29.3 Å². The van der Waals surface area contributed by atoms with Gasteiger partial charge in [-0.3, -0.25) is 4.79 Å². The van der Waals surface area contributed by atoms with E-state index in [9.17, 15) is 4.79 Å². The first-order chi connectivity index (χ1) is 15.2. The van der Waals surface area contributed by atoms with Crippen molar-refractivity contribution in [1.29, 1.82) is 0 Å². The van der Waals surface area contributed by atoms with Crippen LogP contribution < -0.4 is 10.9 Å². The van der Waals surface area contributed by atoms with Crippen molar-refractivity contribution in [1.82, 2.24) is 19.5 Å². The van der Waals surface area contributed by atoms with E-state index in [2.05, 4.69) is 20.3 Å². The number of hydrogen-bond acceptors (Lipinski definition) is 5. The summed E-state index contributed by atoms with van der Waals surface area (Å²) in [5.41, 5.74) is 3.10.